The van der Waals surface area contributed by atoms with E-state index in [2.05, 4.69) is 9.88 Å². The Hall–Kier alpha value is -1.53. The first-order chi connectivity index (χ1) is 10.2. The highest BCUT2D eigenvalue weighted by Crippen LogP contribution is 2.25. The van der Waals surface area contributed by atoms with E-state index in [9.17, 15) is 4.79 Å². The van der Waals surface area contributed by atoms with E-state index in [-0.39, 0.29) is 0 Å². The van der Waals surface area contributed by atoms with Crippen LogP contribution in [0.25, 0.3) is 11.0 Å². The standard InChI is InChI=1S/C15H18N2O3S/c1-11-12-3-2-4-13(14(12)20-15(18)16-11)19-8-5-17-6-9-21-10-7-17/h2-4H,5-10H2,1H3. The molecule has 0 bridgehead atoms. The molecule has 5 nitrogen and oxygen atoms in total. The first kappa shape index (κ1) is 14.4. The number of thioether (sulfide) groups is 1. The van der Waals surface area contributed by atoms with Crippen molar-refractivity contribution in [2.45, 2.75) is 6.92 Å². The van der Waals surface area contributed by atoms with Crippen LogP contribution in [-0.4, -0.2) is 47.6 Å². The van der Waals surface area contributed by atoms with Gasteiger partial charge in [0, 0.05) is 36.5 Å². The molecule has 1 saturated heterocycles. The summed E-state index contributed by atoms with van der Waals surface area (Å²) in [5, 5.41) is 0.821. The number of hydrogen-bond acceptors (Lipinski definition) is 6. The van der Waals surface area contributed by atoms with Crippen LogP contribution in [0.15, 0.2) is 27.4 Å². The average Bonchev–Trinajstić information content (AvgIpc) is 2.49. The summed E-state index contributed by atoms with van der Waals surface area (Å²) in [4.78, 5) is 17.6. The van der Waals surface area contributed by atoms with Crippen LogP contribution in [0.2, 0.25) is 0 Å². The highest BCUT2D eigenvalue weighted by atomic mass is 32.2. The summed E-state index contributed by atoms with van der Waals surface area (Å²) in [6.07, 6.45) is 0. The number of rotatable bonds is 4. The molecule has 6 heteroatoms. The van der Waals surface area contributed by atoms with Crippen LogP contribution < -0.4 is 10.5 Å². The van der Waals surface area contributed by atoms with Gasteiger partial charge in [-0.25, -0.2) is 4.79 Å². The first-order valence-corrected chi connectivity index (χ1v) is 8.23. The fraction of sp³-hybridized carbons (Fsp3) is 0.467. The van der Waals surface area contributed by atoms with Gasteiger partial charge in [0.15, 0.2) is 11.3 Å². The fourth-order valence-corrected chi connectivity index (χ4v) is 3.42. The molecule has 3 rings (SSSR count). The lowest BCUT2D eigenvalue weighted by Gasteiger charge is -2.25. The van der Waals surface area contributed by atoms with Gasteiger partial charge in [-0.3, -0.25) is 4.90 Å². The molecule has 0 unspecified atom stereocenters. The molecular weight excluding hydrogens is 288 g/mol. The Balaban J connectivity index is 1.73. The fourth-order valence-electron chi connectivity index (χ4n) is 2.44. The Morgan fingerprint density at radius 2 is 2.19 bits per heavy atom. The van der Waals surface area contributed by atoms with E-state index in [0.717, 1.165) is 25.0 Å². The predicted octanol–water partition coefficient (Wildman–Crippen LogP) is 1.92. The van der Waals surface area contributed by atoms with E-state index in [0.29, 0.717) is 23.6 Å². The van der Waals surface area contributed by atoms with Crippen LogP contribution >= 0.6 is 11.8 Å². The Morgan fingerprint density at radius 1 is 1.38 bits per heavy atom. The lowest BCUT2D eigenvalue weighted by atomic mass is 10.2. The normalized spacial score (nSPS) is 16.2. The third-order valence-corrected chi connectivity index (χ3v) is 4.53. The topological polar surface area (TPSA) is 55.6 Å². The van der Waals surface area contributed by atoms with Crippen molar-refractivity contribution in [1.82, 2.24) is 9.88 Å². The van der Waals surface area contributed by atoms with Crippen molar-refractivity contribution < 1.29 is 9.15 Å². The van der Waals surface area contributed by atoms with Gasteiger partial charge in [-0.1, -0.05) is 6.07 Å². The molecule has 0 N–H and O–H groups in total. The lowest BCUT2D eigenvalue weighted by Crippen LogP contribution is -2.35. The van der Waals surface area contributed by atoms with E-state index >= 15 is 0 Å². The number of aromatic nitrogens is 1. The zero-order valence-corrected chi connectivity index (χ0v) is 12.8. The summed E-state index contributed by atoms with van der Waals surface area (Å²) in [6, 6.07) is 5.61. The summed E-state index contributed by atoms with van der Waals surface area (Å²) >= 11 is 1.99. The van der Waals surface area contributed by atoms with Gasteiger partial charge in [0.25, 0.3) is 0 Å². The number of para-hydroxylation sites is 1. The quantitative estimate of drug-likeness (QED) is 0.860. The maximum absolute atomic E-state index is 11.4. The van der Waals surface area contributed by atoms with Gasteiger partial charge in [-0.05, 0) is 19.1 Å². The second kappa shape index (κ2) is 6.49. The molecule has 21 heavy (non-hydrogen) atoms. The van der Waals surface area contributed by atoms with Gasteiger partial charge < -0.3 is 9.15 Å². The smallest absolute Gasteiger partial charge is 0.439 e. The maximum Gasteiger partial charge on any atom is 0.439 e. The largest absolute Gasteiger partial charge is 0.488 e. The molecule has 1 aromatic carbocycles. The van der Waals surface area contributed by atoms with Gasteiger partial charge in [0.1, 0.15) is 6.61 Å². The van der Waals surface area contributed by atoms with E-state index in [1.807, 2.05) is 30.0 Å². The molecule has 0 radical (unpaired) electrons. The van der Waals surface area contributed by atoms with Gasteiger partial charge in [0.05, 0.1) is 5.69 Å². The second-order valence-electron chi connectivity index (χ2n) is 5.00. The van der Waals surface area contributed by atoms with E-state index in [4.69, 9.17) is 9.15 Å². The zero-order valence-electron chi connectivity index (χ0n) is 12.0. The van der Waals surface area contributed by atoms with Crippen molar-refractivity contribution in [3.8, 4) is 5.75 Å². The minimum Gasteiger partial charge on any atom is -0.488 e. The Morgan fingerprint density at radius 3 is 3.00 bits per heavy atom. The number of fused-ring (bicyclic) bond motifs is 1. The van der Waals surface area contributed by atoms with Crippen LogP contribution in [0, 0.1) is 6.92 Å². The molecule has 1 fully saturated rings. The molecule has 0 spiro atoms. The average molecular weight is 306 g/mol. The summed E-state index contributed by atoms with van der Waals surface area (Å²) in [5.41, 5.74) is 1.16. The van der Waals surface area contributed by atoms with Crippen molar-refractivity contribution >= 4 is 22.7 Å². The summed E-state index contributed by atoms with van der Waals surface area (Å²) in [5.74, 6) is 2.41. The monoisotopic (exact) mass is 306 g/mol. The summed E-state index contributed by atoms with van der Waals surface area (Å²) < 4.78 is 11.0. The van der Waals surface area contributed by atoms with Gasteiger partial charge >= 0.3 is 5.76 Å². The number of nitrogens with zero attached hydrogens (tertiary/aromatic N) is 2. The number of ether oxygens (including phenoxy) is 1. The van der Waals surface area contributed by atoms with Crippen LogP contribution in [0.4, 0.5) is 0 Å². The number of hydrogen-bond donors (Lipinski definition) is 0. The van der Waals surface area contributed by atoms with Crippen molar-refractivity contribution in [2.75, 3.05) is 37.7 Å². The first-order valence-electron chi connectivity index (χ1n) is 7.07. The van der Waals surface area contributed by atoms with Crippen LogP contribution in [0.3, 0.4) is 0 Å². The third-order valence-electron chi connectivity index (χ3n) is 3.59. The third kappa shape index (κ3) is 3.39. The van der Waals surface area contributed by atoms with E-state index in [1.165, 1.54) is 11.5 Å². The van der Waals surface area contributed by atoms with Crippen molar-refractivity contribution in [2.24, 2.45) is 0 Å². The Labute approximate surface area is 127 Å². The Bertz CT molecular complexity index is 680. The van der Waals surface area contributed by atoms with Crippen LogP contribution in [0.1, 0.15) is 5.69 Å². The SMILES string of the molecule is Cc1nc(=O)oc2c(OCCN3CCSCC3)cccc12. The van der Waals surface area contributed by atoms with Crippen molar-refractivity contribution in [1.29, 1.82) is 0 Å². The van der Waals surface area contributed by atoms with E-state index < -0.39 is 5.76 Å². The molecule has 1 aliphatic rings. The molecule has 1 aromatic heterocycles. The predicted molar refractivity (Wildman–Crippen MR) is 84.3 cm³/mol. The number of aryl methyl sites for hydroxylation is 1. The molecule has 2 heterocycles. The zero-order chi connectivity index (χ0) is 14.7. The van der Waals surface area contributed by atoms with Gasteiger partial charge in [-0.15, -0.1) is 0 Å². The molecule has 0 saturated carbocycles. The molecule has 1 aliphatic heterocycles. The highest BCUT2D eigenvalue weighted by Gasteiger charge is 2.12. The molecular formula is C15H18N2O3S. The molecule has 0 atom stereocenters. The van der Waals surface area contributed by atoms with Crippen molar-refractivity contribution in [3.05, 3.63) is 34.4 Å². The summed E-state index contributed by atoms with van der Waals surface area (Å²) in [7, 11) is 0. The van der Waals surface area contributed by atoms with Crippen LogP contribution in [-0.2, 0) is 0 Å². The van der Waals surface area contributed by atoms with E-state index in [1.54, 1.807) is 6.92 Å². The van der Waals surface area contributed by atoms with Crippen molar-refractivity contribution in [3.63, 3.8) is 0 Å². The minimum atomic E-state index is -0.580. The molecule has 112 valence electrons. The molecule has 0 amide bonds. The molecule has 0 aliphatic carbocycles. The summed E-state index contributed by atoms with van der Waals surface area (Å²) in [6.45, 7) is 5.51. The van der Waals surface area contributed by atoms with Gasteiger partial charge in [-0.2, -0.15) is 16.7 Å². The maximum atomic E-state index is 11.4. The highest BCUT2D eigenvalue weighted by molar-refractivity contribution is 7.99. The number of benzene rings is 1. The van der Waals surface area contributed by atoms with Gasteiger partial charge in [0.2, 0.25) is 0 Å². The van der Waals surface area contributed by atoms with Crippen LogP contribution in [0.5, 0.6) is 5.75 Å². The lowest BCUT2D eigenvalue weighted by molar-refractivity contribution is 0.222. The molecule has 2 aromatic rings. The minimum absolute atomic E-state index is 0.490. The Kier molecular flexibility index (Phi) is 4.45. The second-order valence-corrected chi connectivity index (χ2v) is 6.23.